The second-order valence-corrected chi connectivity index (χ2v) is 12.0. The van der Waals surface area contributed by atoms with E-state index in [9.17, 15) is 21.6 Å². The van der Waals surface area contributed by atoms with Gasteiger partial charge in [-0.3, -0.25) is 0 Å². The summed E-state index contributed by atoms with van der Waals surface area (Å²) in [4.78, 5) is 0.0261. The zero-order valence-electron chi connectivity index (χ0n) is 22.8. The summed E-state index contributed by atoms with van der Waals surface area (Å²) < 4.78 is 71.0. The van der Waals surface area contributed by atoms with Gasteiger partial charge in [-0.2, -0.15) is 18.4 Å². The minimum absolute atomic E-state index is 0.0261. The van der Waals surface area contributed by atoms with Crippen molar-refractivity contribution in [1.29, 1.82) is 5.26 Å². The molecular formula is C29H32F3N5O3S. The summed E-state index contributed by atoms with van der Waals surface area (Å²) in [6, 6.07) is 13.7. The van der Waals surface area contributed by atoms with E-state index in [0.717, 1.165) is 37.6 Å². The van der Waals surface area contributed by atoms with Gasteiger partial charge in [0.2, 0.25) is 0 Å². The molecule has 0 aliphatic heterocycles. The van der Waals surface area contributed by atoms with E-state index < -0.39 is 22.6 Å². The Bertz CT molecular complexity index is 1590. The number of alkyl halides is 3. The number of hydrogen-bond donors (Lipinski definition) is 3. The lowest BCUT2D eigenvalue weighted by atomic mass is 9.91. The van der Waals surface area contributed by atoms with Gasteiger partial charge in [0.1, 0.15) is 18.4 Å². The molecule has 8 nitrogen and oxygen atoms in total. The number of hydrogen-bond acceptors (Lipinski definition) is 7. The van der Waals surface area contributed by atoms with Crippen molar-refractivity contribution in [2.75, 3.05) is 37.1 Å². The molecule has 0 radical (unpaired) electrons. The third-order valence-electron chi connectivity index (χ3n) is 7.04. The lowest BCUT2D eigenvalue weighted by molar-refractivity contribution is -0.140. The summed E-state index contributed by atoms with van der Waals surface area (Å²) in [6.45, 7) is -1.43. The van der Waals surface area contributed by atoms with Gasteiger partial charge < -0.3 is 25.3 Å². The fraction of sp³-hybridized carbons (Fsp3) is 0.414. The minimum atomic E-state index is -4.44. The molecule has 3 N–H and O–H groups in total. The number of benzene rings is 2. The highest BCUT2D eigenvalue weighted by Gasteiger charge is 2.30. The number of aromatic nitrogens is 1. The molecule has 41 heavy (non-hydrogen) atoms. The Balaban J connectivity index is 1.58. The topological polar surface area (TPSA) is 108 Å². The van der Waals surface area contributed by atoms with E-state index in [4.69, 9.17) is 10.00 Å². The van der Waals surface area contributed by atoms with Gasteiger partial charge >= 0.3 is 6.18 Å². The van der Waals surface area contributed by atoms with Gasteiger partial charge in [0.05, 0.1) is 28.3 Å². The molecule has 1 fully saturated rings. The molecule has 1 aliphatic carbocycles. The summed E-state index contributed by atoms with van der Waals surface area (Å²) in [5.41, 5.74) is 1.85. The van der Waals surface area contributed by atoms with E-state index in [1.807, 2.05) is 19.2 Å². The Morgan fingerprint density at radius 3 is 2.46 bits per heavy atom. The maximum Gasteiger partial charge on any atom is 0.406 e. The average Bonchev–Trinajstić information content (AvgIpc) is 3.26. The van der Waals surface area contributed by atoms with Crippen LogP contribution in [0.3, 0.4) is 0 Å². The van der Waals surface area contributed by atoms with Crippen LogP contribution in [0.4, 0.5) is 24.5 Å². The maximum atomic E-state index is 13.6. The minimum Gasteiger partial charge on any atom is -0.477 e. The first-order chi connectivity index (χ1) is 19.5. The van der Waals surface area contributed by atoms with Crippen molar-refractivity contribution in [2.24, 2.45) is 0 Å². The van der Waals surface area contributed by atoms with Crippen LogP contribution >= 0.6 is 0 Å². The molecular weight excluding hydrogens is 555 g/mol. The number of fused-ring (bicyclic) bond motifs is 1. The molecule has 2 aromatic carbocycles. The Hall–Kier alpha value is -3.87. The predicted octanol–water partition coefficient (Wildman–Crippen LogP) is 4.92. The zero-order chi connectivity index (χ0) is 29.6. The highest BCUT2D eigenvalue weighted by atomic mass is 32.2. The van der Waals surface area contributed by atoms with Crippen molar-refractivity contribution in [3.63, 3.8) is 0 Å². The summed E-state index contributed by atoms with van der Waals surface area (Å²) in [5, 5.41) is 19.4. The quantitative estimate of drug-likeness (QED) is 0.305. The first-order valence-electron chi connectivity index (χ1n) is 13.2. The fourth-order valence-corrected chi connectivity index (χ4v) is 5.63. The second-order valence-electron chi connectivity index (χ2n) is 9.98. The number of nitrogens with one attached hydrogen (secondary N) is 3. The van der Waals surface area contributed by atoms with Crippen LogP contribution in [0, 0.1) is 23.2 Å². The summed E-state index contributed by atoms with van der Waals surface area (Å²) >= 11 is 0. The first kappa shape index (κ1) is 30.1. The Morgan fingerprint density at radius 2 is 1.80 bits per heavy atom. The number of anilines is 2. The van der Waals surface area contributed by atoms with Crippen molar-refractivity contribution >= 4 is 32.1 Å². The molecule has 3 aromatic rings. The number of rotatable bonds is 9. The van der Waals surface area contributed by atoms with Crippen LogP contribution in [0.15, 0.2) is 47.4 Å². The van der Waals surface area contributed by atoms with Gasteiger partial charge in [-0.15, -0.1) is 0 Å². The summed E-state index contributed by atoms with van der Waals surface area (Å²) in [7, 11) is -1.54. The smallest absolute Gasteiger partial charge is 0.406 e. The number of ether oxygens (including phenoxy) is 1. The fourth-order valence-electron chi connectivity index (χ4n) is 4.99. The number of nitrogens with zero attached hydrogens (tertiary/aromatic N) is 2. The molecule has 0 bridgehead atoms. The first-order valence-corrected chi connectivity index (χ1v) is 15.1. The highest BCUT2D eigenvalue weighted by molar-refractivity contribution is 7.90. The lowest BCUT2D eigenvalue weighted by Gasteiger charge is -2.29. The van der Waals surface area contributed by atoms with Crippen LogP contribution in [-0.2, 0) is 16.4 Å². The summed E-state index contributed by atoms with van der Waals surface area (Å²) in [5.74, 6) is 5.88. The van der Waals surface area contributed by atoms with E-state index in [0.29, 0.717) is 22.6 Å². The zero-order valence-corrected chi connectivity index (χ0v) is 23.6. The third-order valence-corrected chi connectivity index (χ3v) is 8.15. The molecule has 0 unspecified atom stereocenters. The van der Waals surface area contributed by atoms with Gasteiger partial charge in [-0.05, 0) is 69.0 Å². The van der Waals surface area contributed by atoms with Crippen LogP contribution in [0.5, 0.6) is 5.75 Å². The third kappa shape index (κ3) is 7.87. The number of halogens is 3. The molecule has 0 saturated heterocycles. The molecule has 1 aromatic heterocycles. The molecule has 1 saturated carbocycles. The largest absolute Gasteiger partial charge is 0.477 e. The second kappa shape index (κ2) is 12.8. The van der Waals surface area contributed by atoms with Gasteiger partial charge in [-0.1, -0.05) is 12.0 Å². The number of sulfone groups is 1. The SMILES string of the molecule is CNC1CCC(Nc2cccc3c2cc(C#CCNc2ccc(S(C)(=O)=O)cc2OCC#N)n3CC(F)(F)F)CC1. The van der Waals surface area contributed by atoms with E-state index in [1.54, 1.807) is 18.2 Å². The van der Waals surface area contributed by atoms with Crippen LogP contribution in [0.2, 0.25) is 0 Å². The van der Waals surface area contributed by atoms with Gasteiger partial charge in [-0.25, -0.2) is 8.42 Å². The Kier molecular flexibility index (Phi) is 9.36. The molecule has 4 rings (SSSR count). The Labute approximate surface area is 237 Å². The molecule has 0 spiro atoms. The molecule has 12 heteroatoms. The van der Waals surface area contributed by atoms with Gasteiger partial charge in [0.15, 0.2) is 16.4 Å². The monoisotopic (exact) mass is 587 g/mol. The highest BCUT2D eigenvalue weighted by Crippen LogP contribution is 2.32. The molecule has 1 heterocycles. The lowest BCUT2D eigenvalue weighted by Crippen LogP contribution is -2.34. The molecule has 0 atom stereocenters. The van der Waals surface area contributed by atoms with Gasteiger partial charge in [0.25, 0.3) is 0 Å². The van der Waals surface area contributed by atoms with Crippen molar-refractivity contribution < 1.29 is 26.3 Å². The van der Waals surface area contributed by atoms with Crippen LogP contribution in [-0.4, -0.2) is 57.7 Å². The van der Waals surface area contributed by atoms with E-state index in [1.165, 1.54) is 22.8 Å². The van der Waals surface area contributed by atoms with Crippen LogP contribution < -0.4 is 20.7 Å². The van der Waals surface area contributed by atoms with Crippen molar-refractivity contribution in [1.82, 2.24) is 9.88 Å². The number of nitriles is 1. The van der Waals surface area contributed by atoms with Crippen molar-refractivity contribution in [2.45, 2.75) is 55.4 Å². The van der Waals surface area contributed by atoms with E-state index in [2.05, 4.69) is 27.8 Å². The van der Waals surface area contributed by atoms with Crippen LogP contribution in [0.25, 0.3) is 10.9 Å². The molecule has 0 amide bonds. The van der Waals surface area contributed by atoms with Crippen molar-refractivity contribution in [3.05, 3.63) is 48.2 Å². The molecule has 1 aliphatic rings. The normalized spacial score (nSPS) is 17.4. The maximum absolute atomic E-state index is 13.6. The summed E-state index contributed by atoms with van der Waals surface area (Å²) in [6.07, 6.45) is 0.615. The van der Waals surface area contributed by atoms with Crippen molar-refractivity contribution in [3.8, 4) is 23.7 Å². The predicted molar refractivity (Wildman–Crippen MR) is 153 cm³/mol. The van der Waals surface area contributed by atoms with Gasteiger partial charge in [0, 0.05) is 35.5 Å². The van der Waals surface area contributed by atoms with E-state index >= 15 is 0 Å². The van der Waals surface area contributed by atoms with E-state index in [-0.39, 0.29) is 35.5 Å². The van der Waals surface area contributed by atoms with Crippen LogP contribution in [0.1, 0.15) is 31.4 Å². The standard InChI is InChI=1S/C29H32F3N5O3S/c1-34-20-8-10-21(11-9-20)36-25-6-3-7-27-24(25)17-22(37(27)19-29(30,31)32)5-4-15-35-26-13-12-23(41(2,38)39)18-28(26)40-16-14-33/h3,6-7,12-13,17-18,20-21,34-36H,8-11,15-16,19H2,1-2H3. The average molecular weight is 588 g/mol. The Morgan fingerprint density at radius 1 is 1.07 bits per heavy atom. The molecule has 218 valence electrons.